The second kappa shape index (κ2) is 5.32. The first-order valence-electron chi connectivity index (χ1n) is 7.30. The Morgan fingerprint density at radius 3 is 2.52 bits per heavy atom. The molecule has 0 unspecified atom stereocenters. The highest BCUT2D eigenvalue weighted by atomic mass is 35.5. The zero-order valence-corrected chi connectivity index (χ0v) is 12.8. The average molecular weight is 327 g/mol. The smallest absolute Gasteiger partial charge is 0.267 e. The van der Waals surface area contributed by atoms with Gasteiger partial charge in [-0.2, -0.15) is 9.78 Å². The van der Waals surface area contributed by atoms with Gasteiger partial charge in [-0.1, -0.05) is 17.7 Å². The van der Waals surface area contributed by atoms with Crippen molar-refractivity contribution < 1.29 is 4.39 Å². The molecule has 0 fully saturated rings. The van der Waals surface area contributed by atoms with Gasteiger partial charge in [-0.3, -0.25) is 4.79 Å². The molecule has 1 aliphatic rings. The predicted octanol–water partition coefficient (Wildman–Crippen LogP) is 3.79. The molecule has 1 aliphatic carbocycles. The quantitative estimate of drug-likeness (QED) is 0.682. The molecular formula is C18H12ClFN2O. The van der Waals surface area contributed by atoms with E-state index in [-0.39, 0.29) is 11.4 Å². The standard InChI is InChI=1S/C18H12ClFN2O/c19-13-4-3-11-1-2-12-9-17(23)22(21-18(12)16(11)10-13)15-7-5-14(20)6-8-15/h3-10H,1-2H2. The van der Waals surface area contributed by atoms with E-state index in [2.05, 4.69) is 5.10 Å². The van der Waals surface area contributed by atoms with Gasteiger partial charge in [0.25, 0.3) is 5.56 Å². The zero-order chi connectivity index (χ0) is 16.0. The van der Waals surface area contributed by atoms with Gasteiger partial charge < -0.3 is 0 Å². The minimum Gasteiger partial charge on any atom is -0.267 e. The van der Waals surface area contributed by atoms with Crippen LogP contribution < -0.4 is 5.56 Å². The molecule has 2 aromatic carbocycles. The lowest BCUT2D eigenvalue weighted by atomic mass is 9.89. The molecule has 3 aromatic rings. The first-order chi connectivity index (χ1) is 11.1. The number of halogens is 2. The highest BCUT2D eigenvalue weighted by Gasteiger charge is 2.20. The maximum absolute atomic E-state index is 13.1. The first-order valence-corrected chi connectivity index (χ1v) is 7.67. The Balaban J connectivity index is 1.94. The van der Waals surface area contributed by atoms with Crippen LogP contribution in [-0.4, -0.2) is 9.78 Å². The Kier molecular flexibility index (Phi) is 3.27. The summed E-state index contributed by atoms with van der Waals surface area (Å²) in [6, 6.07) is 13.0. The molecule has 0 spiro atoms. The molecule has 1 aromatic heterocycles. The number of fused-ring (bicyclic) bond motifs is 3. The van der Waals surface area contributed by atoms with Crippen molar-refractivity contribution >= 4 is 11.6 Å². The fourth-order valence-corrected chi connectivity index (χ4v) is 3.11. The highest BCUT2D eigenvalue weighted by molar-refractivity contribution is 6.30. The number of aromatic nitrogens is 2. The molecule has 23 heavy (non-hydrogen) atoms. The fraction of sp³-hybridized carbons (Fsp3) is 0.111. The fourth-order valence-electron chi connectivity index (χ4n) is 2.93. The van der Waals surface area contributed by atoms with Crippen LogP contribution in [0.5, 0.6) is 0 Å². The van der Waals surface area contributed by atoms with Crippen molar-refractivity contribution in [2.24, 2.45) is 0 Å². The topological polar surface area (TPSA) is 34.9 Å². The van der Waals surface area contributed by atoms with E-state index in [4.69, 9.17) is 11.6 Å². The van der Waals surface area contributed by atoms with E-state index in [0.29, 0.717) is 10.7 Å². The van der Waals surface area contributed by atoms with Crippen LogP contribution in [-0.2, 0) is 12.8 Å². The summed E-state index contributed by atoms with van der Waals surface area (Å²) in [6.45, 7) is 0. The lowest BCUT2D eigenvalue weighted by molar-refractivity contribution is 0.626. The molecule has 0 bridgehead atoms. The van der Waals surface area contributed by atoms with E-state index >= 15 is 0 Å². The average Bonchev–Trinajstić information content (AvgIpc) is 2.55. The number of hydrogen-bond acceptors (Lipinski definition) is 2. The van der Waals surface area contributed by atoms with Crippen LogP contribution in [0.2, 0.25) is 5.02 Å². The predicted molar refractivity (Wildman–Crippen MR) is 87.6 cm³/mol. The van der Waals surface area contributed by atoms with Gasteiger partial charge in [0, 0.05) is 16.7 Å². The minimum absolute atomic E-state index is 0.221. The van der Waals surface area contributed by atoms with Crippen molar-refractivity contribution in [2.75, 3.05) is 0 Å². The Morgan fingerprint density at radius 1 is 1.00 bits per heavy atom. The van der Waals surface area contributed by atoms with E-state index in [1.807, 2.05) is 18.2 Å². The Labute approximate surface area is 137 Å². The number of nitrogens with zero attached hydrogens (tertiary/aromatic N) is 2. The van der Waals surface area contributed by atoms with Crippen molar-refractivity contribution in [3.63, 3.8) is 0 Å². The number of benzene rings is 2. The normalized spacial score (nSPS) is 12.6. The van der Waals surface area contributed by atoms with E-state index in [0.717, 1.165) is 29.7 Å². The number of hydrogen-bond donors (Lipinski definition) is 0. The van der Waals surface area contributed by atoms with Crippen molar-refractivity contribution in [1.29, 1.82) is 0 Å². The number of aryl methyl sites for hydroxylation is 2. The van der Waals surface area contributed by atoms with Crippen molar-refractivity contribution in [3.8, 4) is 16.9 Å². The Hall–Kier alpha value is -2.46. The van der Waals surface area contributed by atoms with Gasteiger partial charge in [-0.25, -0.2) is 4.39 Å². The van der Waals surface area contributed by atoms with Gasteiger partial charge in [0.05, 0.1) is 11.4 Å². The minimum atomic E-state index is -0.350. The van der Waals surface area contributed by atoms with E-state index in [1.54, 1.807) is 6.07 Å². The van der Waals surface area contributed by atoms with Crippen molar-refractivity contribution in [2.45, 2.75) is 12.8 Å². The molecule has 0 atom stereocenters. The van der Waals surface area contributed by atoms with Crippen LogP contribution in [0.25, 0.3) is 16.9 Å². The Bertz CT molecular complexity index is 964. The van der Waals surface area contributed by atoms with Gasteiger partial charge in [0.1, 0.15) is 5.82 Å². The zero-order valence-electron chi connectivity index (χ0n) is 12.1. The summed E-state index contributed by atoms with van der Waals surface area (Å²) in [6.07, 6.45) is 1.64. The third-order valence-electron chi connectivity index (χ3n) is 4.07. The molecule has 0 saturated carbocycles. The molecule has 5 heteroatoms. The van der Waals surface area contributed by atoms with Crippen LogP contribution in [0, 0.1) is 5.82 Å². The maximum Gasteiger partial charge on any atom is 0.271 e. The van der Waals surface area contributed by atoms with Crippen molar-refractivity contribution in [3.05, 3.63) is 80.9 Å². The van der Waals surface area contributed by atoms with Gasteiger partial charge in [-0.05, 0) is 60.4 Å². The van der Waals surface area contributed by atoms with Crippen LogP contribution in [0.1, 0.15) is 11.1 Å². The monoisotopic (exact) mass is 326 g/mol. The summed E-state index contributed by atoms with van der Waals surface area (Å²) in [5.41, 5.74) is 4.11. The summed E-state index contributed by atoms with van der Waals surface area (Å²) in [4.78, 5) is 12.3. The van der Waals surface area contributed by atoms with Crippen LogP contribution in [0.4, 0.5) is 4.39 Å². The summed E-state index contributed by atoms with van der Waals surface area (Å²) >= 11 is 6.11. The van der Waals surface area contributed by atoms with E-state index in [1.165, 1.54) is 34.5 Å². The third kappa shape index (κ3) is 2.45. The van der Waals surface area contributed by atoms with Gasteiger partial charge in [0.15, 0.2) is 0 Å². The third-order valence-corrected chi connectivity index (χ3v) is 4.31. The molecule has 0 N–H and O–H groups in total. The molecule has 1 heterocycles. The molecule has 0 aliphatic heterocycles. The van der Waals surface area contributed by atoms with E-state index in [9.17, 15) is 9.18 Å². The summed E-state index contributed by atoms with van der Waals surface area (Å²) in [5, 5.41) is 5.16. The lowest BCUT2D eigenvalue weighted by Gasteiger charge is -2.20. The molecule has 0 saturated heterocycles. The summed E-state index contributed by atoms with van der Waals surface area (Å²) in [5.74, 6) is -0.350. The highest BCUT2D eigenvalue weighted by Crippen LogP contribution is 2.33. The van der Waals surface area contributed by atoms with Crippen LogP contribution in [0.15, 0.2) is 53.3 Å². The first kappa shape index (κ1) is 14.2. The van der Waals surface area contributed by atoms with Crippen LogP contribution in [0.3, 0.4) is 0 Å². The SMILES string of the molecule is O=c1cc2c(nn1-c1ccc(F)cc1)-c1cc(Cl)ccc1CC2. The largest absolute Gasteiger partial charge is 0.271 e. The lowest BCUT2D eigenvalue weighted by Crippen LogP contribution is -2.24. The second-order valence-electron chi connectivity index (χ2n) is 5.55. The van der Waals surface area contributed by atoms with Crippen molar-refractivity contribution in [1.82, 2.24) is 9.78 Å². The van der Waals surface area contributed by atoms with Gasteiger partial charge in [0.2, 0.25) is 0 Å². The second-order valence-corrected chi connectivity index (χ2v) is 5.98. The summed E-state index contributed by atoms with van der Waals surface area (Å²) < 4.78 is 14.4. The molecule has 3 nitrogen and oxygen atoms in total. The van der Waals surface area contributed by atoms with Gasteiger partial charge >= 0.3 is 0 Å². The van der Waals surface area contributed by atoms with Gasteiger partial charge in [-0.15, -0.1) is 0 Å². The molecule has 0 amide bonds. The molecule has 4 rings (SSSR count). The molecule has 114 valence electrons. The Morgan fingerprint density at radius 2 is 1.74 bits per heavy atom. The summed E-state index contributed by atoms with van der Waals surface area (Å²) in [7, 11) is 0. The van der Waals surface area contributed by atoms with Crippen LogP contribution >= 0.6 is 11.6 Å². The maximum atomic E-state index is 13.1. The van der Waals surface area contributed by atoms with E-state index < -0.39 is 0 Å². The number of rotatable bonds is 1. The molecular weight excluding hydrogens is 315 g/mol. The molecule has 0 radical (unpaired) electrons.